The molecule has 0 spiro atoms. The number of morpholine rings is 1. The summed E-state index contributed by atoms with van der Waals surface area (Å²) in [6.45, 7) is 7.62. The Balaban J connectivity index is 1.50. The van der Waals surface area contributed by atoms with Crippen molar-refractivity contribution in [3.8, 4) is 0 Å². The van der Waals surface area contributed by atoms with Crippen molar-refractivity contribution >= 4 is 27.5 Å². The van der Waals surface area contributed by atoms with Crippen LogP contribution in [0.2, 0.25) is 0 Å². The summed E-state index contributed by atoms with van der Waals surface area (Å²) in [6.07, 6.45) is 4.73. The number of nitrogens with zero attached hydrogens (tertiary/aromatic N) is 2. The number of hydrogen-bond acceptors (Lipinski definition) is 6. The second-order valence-electron chi connectivity index (χ2n) is 9.09. The molecular weight excluding hydrogens is 456 g/mol. The van der Waals surface area contributed by atoms with Gasteiger partial charge in [-0.3, -0.25) is 14.5 Å². The summed E-state index contributed by atoms with van der Waals surface area (Å²) in [7, 11) is -3.65. The van der Waals surface area contributed by atoms with Crippen molar-refractivity contribution in [1.29, 1.82) is 0 Å². The Morgan fingerprint density at radius 3 is 2.47 bits per heavy atom. The third-order valence-electron chi connectivity index (χ3n) is 6.46. The van der Waals surface area contributed by atoms with Gasteiger partial charge in [0.05, 0.1) is 24.7 Å². The number of likely N-dealkylation sites (tertiary alicyclic amines) is 1. The van der Waals surface area contributed by atoms with E-state index in [1.807, 2.05) is 4.90 Å². The first-order chi connectivity index (χ1) is 16.3. The van der Waals surface area contributed by atoms with Crippen LogP contribution in [0.1, 0.15) is 44.6 Å². The van der Waals surface area contributed by atoms with E-state index in [-0.39, 0.29) is 29.2 Å². The second-order valence-corrected chi connectivity index (χ2v) is 11.0. The van der Waals surface area contributed by atoms with Crippen LogP contribution in [0.25, 0.3) is 0 Å². The standard InChI is InChI=1S/C24H38N4O5S/c1-3-4-5-10-25-24(30)20-8-11-27(12-9-20)18-23(29)26-21-7-6-19(2)22(17-21)34(31,32)28-13-15-33-16-14-28/h6-7,17,20H,3-5,8-16,18H2,1-2H3,(H,25,30)(H,26,29). The zero-order chi connectivity index (χ0) is 24.6. The largest absolute Gasteiger partial charge is 0.379 e. The van der Waals surface area contributed by atoms with E-state index < -0.39 is 10.0 Å². The molecule has 2 saturated heterocycles. The van der Waals surface area contributed by atoms with Gasteiger partial charge in [-0.2, -0.15) is 4.31 Å². The Labute approximate surface area is 203 Å². The number of anilines is 1. The first kappa shape index (κ1) is 26.6. The van der Waals surface area contributed by atoms with Gasteiger partial charge in [0.1, 0.15) is 0 Å². The van der Waals surface area contributed by atoms with E-state index in [1.54, 1.807) is 19.1 Å². The van der Waals surface area contributed by atoms with E-state index in [9.17, 15) is 18.0 Å². The van der Waals surface area contributed by atoms with Crippen molar-refractivity contribution in [3.05, 3.63) is 23.8 Å². The maximum atomic E-state index is 13.1. The van der Waals surface area contributed by atoms with Crippen molar-refractivity contribution in [1.82, 2.24) is 14.5 Å². The molecule has 0 aliphatic carbocycles. The molecule has 0 saturated carbocycles. The Morgan fingerprint density at radius 2 is 1.79 bits per heavy atom. The van der Waals surface area contributed by atoms with E-state index in [0.717, 1.165) is 38.6 Å². The lowest BCUT2D eigenvalue weighted by Gasteiger charge is -2.30. The first-order valence-corrected chi connectivity index (χ1v) is 13.7. The van der Waals surface area contributed by atoms with Crippen LogP contribution >= 0.6 is 0 Å². The molecule has 1 aromatic carbocycles. The highest BCUT2D eigenvalue weighted by Crippen LogP contribution is 2.24. The van der Waals surface area contributed by atoms with Crippen LogP contribution in [0.3, 0.4) is 0 Å². The van der Waals surface area contributed by atoms with Gasteiger partial charge < -0.3 is 15.4 Å². The zero-order valence-corrected chi connectivity index (χ0v) is 21.2. The highest BCUT2D eigenvalue weighted by molar-refractivity contribution is 7.89. The van der Waals surface area contributed by atoms with Crippen LogP contribution < -0.4 is 10.6 Å². The van der Waals surface area contributed by atoms with Gasteiger partial charge in [-0.15, -0.1) is 0 Å². The number of hydrogen-bond donors (Lipinski definition) is 2. The maximum Gasteiger partial charge on any atom is 0.243 e. The molecule has 3 rings (SSSR count). The third kappa shape index (κ3) is 7.24. The first-order valence-electron chi connectivity index (χ1n) is 12.3. The summed E-state index contributed by atoms with van der Waals surface area (Å²) in [4.78, 5) is 27.2. The molecule has 2 aliphatic rings. The summed E-state index contributed by atoms with van der Waals surface area (Å²) in [5.74, 6) is -0.0686. The number of nitrogens with one attached hydrogen (secondary N) is 2. The molecule has 34 heavy (non-hydrogen) atoms. The lowest BCUT2D eigenvalue weighted by molar-refractivity contribution is -0.126. The van der Waals surface area contributed by atoms with Gasteiger partial charge in [0.2, 0.25) is 21.8 Å². The van der Waals surface area contributed by atoms with Crippen molar-refractivity contribution in [2.45, 2.75) is 50.8 Å². The SMILES string of the molecule is CCCCCNC(=O)C1CCN(CC(=O)Nc2ccc(C)c(S(=O)(=O)N3CCOCC3)c2)CC1. The average molecular weight is 495 g/mol. The van der Waals surface area contributed by atoms with Gasteiger partial charge in [0.25, 0.3) is 0 Å². The van der Waals surface area contributed by atoms with Crippen molar-refractivity contribution in [3.63, 3.8) is 0 Å². The zero-order valence-electron chi connectivity index (χ0n) is 20.3. The van der Waals surface area contributed by atoms with Crippen LogP contribution in [-0.4, -0.2) is 81.9 Å². The number of rotatable bonds is 10. The van der Waals surface area contributed by atoms with Crippen LogP contribution in [0, 0.1) is 12.8 Å². The second kappa shape index (κ2) is 12.6. The topological polar surface area (TPSA) is 108 Å². The molecule has 10 heteroatoms. The van der Waals surface area contributed by atoms with E-state index in [2.05, 4.69) is 17.6 Å². The van der Waals surface area contributed by atoms with Gasteiger partial charge in [0, 0.05) is 31.2 Å². The third-order valence-corrected chi connectivity index (χ3v) is 8.51. The summed E-state index contributed by atoms with van der Waals surface area (Å²) in [5.41, 5.74) is 1.10. The number of ether oxygens (including phenoxy) is 1. The molecule has 2 heterocycles. The fraction of sp³-hybridized carbons (Fsp3) is 0.667. The molecule has 0 unspecified atom stereocenters. The van der Waals surface area contributed by atoms with E-state index in [0.29, 0.717) is 50.6 Å². The highest BCUT2D eigenvalue weighted by atomic mass is 32.2. The number of aryl methyl sites for hydroxylation is 1. The number of benzene rings is 1. The quantitative estimate of drug-likeness (QED) is 0.482. The molecule has 9 nitrogen and oxygen atoms in total. The minimum absolute atomic E-state index is 0.00554. The molecule has 1 aromatic rings. The predicted octanol–water partition coefficient (Wildman–Crippen LogP) is 1.97. The number of unbranched alkanes of at least 4 members (excludes halogenated alkanes) is 2. The van der Waals surface area contributed by atoms with E-state index >= 15 is 0 Å². The van der Waals surface area contributed by atoms with Gasteiger partial charge >= 0.3 is 0 Å². The summed E-state index contributed by atoms with van der Waals surface area (Å²) >= 11 is 0. The summed E-state index contributed by atoms with van der Waals surface area (Å²) in [5, 5.41) is 5.86. The highest BCUT2D eigenvalue weighted by Gasteiger charge is 2.29. The number of piperidine rings is 1. The maximum absolute atomic E-state index is 13.1. The van der Waals surface area contributed by atoms with E-state index in [1.165, 1.54) is 10.4 Å². The van der Waals surface area contributed by atoms with Gasteiger partial charge in [0.15, 0.2) is 0 Å². The van der Waals surface area contributed by atoms with Gasteiger partial charge in [-0.25, -0.2) is 8.42 Å². The molecule has 0 bridgehead atoms. The molecule has 2 amide bonds. The monoisotopic (exact) mass is 494 g/mol. The Bertz CT molecular complexity index is 939. The Morgan fingerprint density at radius 1 is 1.09 bits per heavy atom. The van der Waals surface area contributed by atoms with Gasteiger partial charge in [-0.05, 0) is 57.0 Å². The summed E-state index contributed by atoms with van der Waals surface area (Å²) < 4.78 is 32.8. The minimum Gasteiger partial charge on any atom is -0.379 e. The Kier molecular flexibility index (Phi) is 9.87. The number of carbonyl (C=O) groups is 2. The van der Waals surface area contributed by atoms with Crippen molar-refractivity contribution < 1.29 is 22.7 Å². The van der Waals surface area contributed by atoms with Crippen molar-refractivity contribution in [2.75, 3.05) is 57.8 Å². The molecule has 0 atom stereocenters. The molecule has 0 aromatic heterocycles. The minimum atomic E-state index is -3.65. The molecule has 2 N–H and O–H groups in total. The Hall–Kier alpha value is -2.01. The fourth-order valence-electron chi connectivity index (χ4n) is 4.37. The normalized spacial score (nSPS) is 18.5. The number of carbonyl (C=O) groups excluding carboxylic acids is 2. The van der Waals surface area contributed by atoms with E-state index in [4.69, 9.17) is 4.74 Å². The average Bonchev–Trinajstić information content (AvgIpc) is 2.84. The lowest BCUT2D eigenvalue weighted by Crippen LogP contribution is -2.43. The van der Waals surface area contributed by atoms with Gasteiger partial charge in [-0.1, -0.05) is 25.8 Å². The van der Waals surface area contributed by atoms with Crippen LogP contribution in [0.15, 0.2) is 23.1 Å². The summed E-state index contributed by atoms with van der Waals surface area (Å²) in [6, 6.07) is 4.97. The van der Waals surface area contributed by atoms with Crippen molar-refractivity contribution in [2.24, 2.45) is 5.92 Å². The van der Waals surface area contributed by atoms with Crippen LogP contribution in [0.4, 0.5) is 5.69 Å². The predicted molar refractivity (Wildman–Crippen MR) is 131 cm³/mol. The van der Waals surface area contributed by atoms with Crippen LogP contribution in [-0.2, 0) is 24.3 Å². The smallest absolute Gasteiger partial charge is 0.243 e. The molecule has 2 fully saturated rings. The molecule has 2 aliphatic heterocycles. The molecule has 0 radical (unpaired) electrons. The number of sulfonamides is 1. The molecule has 190 valence electrons. The lowest BCUT2D eigenvalue weighted by atomic mass is 9.96. The number of amides is 2. The van der Waals surface area contributed by atoms with Crippen LogP contribution in [0.5, 0.6) is 0 Å². The molecular formula is C24H38N4O5S. The fourth-order valence-corrected chi connectivity index (χ4v) is 6.03.